The maximum Gasteiger partial charge on any atom is 0.221 e. The second kappa shape index (κ2) is 8.22. The summed E-state index contributed by atoms with van der Waals surface area (Å²) < 4.78 is 0.560. The molecule has 1 aromatic carbocycles. The van der Waals surface area contributed by atoms with Crippen LogP contribution in [0.3, 0.4) is 0 Å². The molecule has 0 spiro atoms. The standard InChI is InChI=1S/C20H25N3O5/c1-14(26)21-17-18(20(28)16-5-3-2-4-15(16)19(17)27)22-6-8-23(9-7-22,10-12-24)11-13-25/h2-5,24-25H,6-13H2,1H3/p+1. The van der Waals surface area contributed by atoms with E-state index in [1.54, 1.807) is 24.3 Å². The van der Waals surface area contributed by atoms with Gasteiger partial charge in [-0.2, -0.15) is 0 Å². The lowest BCUT2D eigenvalue weighted by Gasteiger charge is -2.45. The number of fused-ring (bicyclic) bond motifs is 1. The normalized spacial score (nSPS) is 18.9. The highest BCUT2D eigenvalue weighted by atomic mass is 16.3. The number of Topliss-reactive ketones (excluding diaryl/α,β-unsaturated/α-hetero) is 2. The Morgan fingerprint density at radius 1 is 1.04 bits per heavy atom. The number of allylic oxidation sites excluding steroid dienone is 2. The Hall–Kier alpha value is -2.55. The molecular formula is C20H26N3O5+. The molecule has 1 saturated heterocycles. The number of carbonyl (C=O) groups excluding carboxylic acids is 3. The Labute approximate surface area is 163 Å². The minimum atomic E-state index is -0.407. The molecule has 28 heavy (non-hydrogen) atoms. The topological polar surface area (TPSA) is 107 Å². The lowest BCUT2D eigenvalue weighted by Crippen LogP contribution is -2.62. The molecular weight excluding hydrogens is 362 g/mol. The number of piperazine rings is 1. The molecule has 2 aliphatic rings. The van der Waals surface area contributed by atoms with Gasteiger partial charge >= 0.3 is 0 Å². The molecule has 0 atom stereocenters. The first-order chi connectivity index (χ1) is 13.4. The van der Waals surface area contributed by atoms with Gasteiger partial charge in [-0.15, -0.1) is 0 Å². The van der Waals surface area contributed by atoms with Crippen LogP contribution in [0.15, 0.2) is 35.7 Å². The molecule has 1 aliphatic heterocycles. The van der Waals surface area contributed by atoms with Gasteiger partial charge in [-0.3, -0.25) is 14.4 Å². The van der Waals surface area contributed by atoms with Crippen LogP contribution in [0, 0.1) is 0 Å². The second-order valence-electron chi connectivity index (χ2n) is 7.28. The van der Waals surface area contributed by atoms with Crippen LogP contribution in [0.1, 0.15) is 27.6 Å². The van der Waals surface area contributed by atoms with Crippen LogP contribution in [0.25, 0.3) is 0 Å². The first-order valence-corrected chi connectivity index (χ1v) is 9.44. The lowest BCUT2D eigenvalue weighted by atomic mass is 9.89. The van der Waals surface area contributed by atoms with Crippen LogP contribution in [-0.2, 0) is 4.79 Å². The number of nitrogens with one attached hydrogen (secondary N) is 1. The molecule has 1 fully saturated rings. The Bertz CT molecular complexity index is 817. The van der Waals surface area contributed by atoms with Crippen LogP contribution in [0.5, 0.6) is 0 Å². The highest BCUT2D eigenvalue weighted by Gasteiger charge is 2.39. The number of amides is 1. The maximum atomic E-state index is 13.2. The number of quaternary nitrogens is 1. The zero-order valence-electron chi connectivity index (χ0n) is 16.0. The summed E-state index contributed by atoms with van der Waals surface area (Å²) in [4.78, 5) is 39.7. The quantitative estimate of drug-likeness (QED) is 0.569. The van der Waals surface area contributed by atoms with E-state index >= 15 is 0 Å². The summed E-state index contributed by atoms with van der Waals surface area (Å²) in [5, 5.41) is 21.3. The minimum Gasteiger partial charge on any atom is -0.391 e. The Morgan fingerprint density at radius 3 is 2.07 bits per heavy atom. The number of ketones is 2. The third kappa shape index (κ3) is 3.71. The van der Waals surface area contributed by atoms with E-state index in [2.05, 4.69) is 5.32 Å². The van der Waals surface area contributed by atoms with Crippen LogP contribution >= 0.6 is 0 Å². The van der Waals surface area contributed by atoms with Crippen molar-refractivity contribution in [3.63, 3.8) is 0 Å². The minimum absolute atomic E-state index is 0.0185. The zero-order chi connectivity index (χ0) is 20.3. The fourth-order valence-electron chi connectivity index (χ4n) is 4.05. The summed E-state index contributed by atoms with van der Waals surface area (Å²) >= 11 is 0. The van der Waals surface area contributed by atoms with E-state index < -0.39 is 5.91 Å². The lowest BCUT2D eigenvalue weighted by molar-refractivity contribution is -0.932. The van der Waals surface area contributed by atoms with Crippen molar-refractivity contribution in [2.75, 3.05) is 52.5 Å². The third-order valence-electron chi connectivity index (χ3n) is 5.55. The van der Waals surface area contributed by atoms with Gasteiger partial charge in [0.15, 0.2) is 0 Å². The monoisotopic (exact) mass is 388 g/mol. The van der Waals surface area contributed by atoms with Crippen molar-refractivity contribution < 1.29 is 29.1 Å². The van der Waals surface area contributed by atoms with Gasteiger partial charge < -0.3 is 24.9 Å². The van der Waals surface area contributed by atoms with Gasteiger partial charge in [0.2, 0.25) is 17.5 Å². The van der Waals surface area contributed by atoms with Crippen molar-refractivity contribution in [3.8, 4) is 0 Å². The van der Waals surface area contributed by atoms with Gasteiger partial charge in [0.1, 0.15) is 24.5 Å². The van der Waals surface area contributed by atoms with Gasteiger partial charge in [0.25, 0.3) is 0 Å². The molecule has 0 saturated carbocycles. The van der Waals surface area contributed by atoms with E-state index in [-0.39, 0.29) is 36.2 Å². The van der Waals surface area contributed by atoms with Crippen molar-refractivity contribution in [2.24, 2.45) is 0 Å². The number of hydrogen-bond acceptors (Lipinski definition) is 6. The van der Waals surface area contributed by atoms with Gasteiger partial charge in [-0.1, -0.05) is 24.3 Å². The molecule has 0 aromatic heterocycles. The van der Waals surface area contributed by atoms with Crippen LogP contribution in [-0.4, -0.2) is 89.6 Å². The summed E-state index contributed by atoms with van der Waals surface area (Å²) in [6.07, 6.45) is 0. The molecule has 1 aliphatic carbocycles. The molecule has 3 rings (SSSR count). The first-order valence-electron chi connectivity index (χ1n) is 9.44. The van der Waals surface area contributed by atoms with E-state index in [0.717, 1.165) is 0 Å². The summed E-state index contributed by atoms with van der Waals surface area (Å²) in [5.41, 5.74) is 0.890. The van der Waals surface area contributed by atoms with Crippen molar-refractivity contribution in [1.82, 2.24) is 10.2 Å². The smallest absolute Gasteiger partial charge is 0.221 e. The molecule has 8 nitrogen and oxygen atoms in total. The van der Waals surface area contributed by atoms with Crippen LogP contribution in [0.4, 0.5) is 0 Å². The van der Waals surface area contributed by atoms with Gasteiger partial charge in [-0.25, -0.2) is 0 Å². The van der Waals surface area contributed by atoms with Gasteiger partial charge in [-0.05, 0) is 0 Å². The Balaban J connectivity index is 1.95. The van der Waals surface area contributed by atoms with Gasteiger partial charge in [0, 0.05) is 18.1 Å². The van der Waals surface area contributed by atoms with E-state index in [0.29, 0.717) is 54.9 Å². The van der Waals surface area contributed by atoms with Crippen LogP contribution < -0.4 is 5.32 Å². The van der Waals surface area contributed by atoms with E-state index in [4.69, 9.17) is 0 Å². The number of nitrogens with zero attached hydrogens (tertiary/aromatic N) is 2. The van der Waals surface area contributed by atoms with Crippen molar-refractivity contribution in [1.29, 1.82) is 0 Å². The molecule has 0 bridgehead atoms. The molecule has 150 valence electrons. The largest absolute Gasteiger partial charge is 0.391 e. The average molecular weight is 388 g/mol. The number of carbonyl (C=O) groups is 3. The van der Waals surface area contributed by atoms with Crippen molar-refractivity contribution in [3.05, 3.63) is 46.8 Å². The molecule has 8 heteroatoms. The highest BCUT2D eigenvalue weighted by molar-refractivity contribution is 6.27. The number of hydrogen-bond donors (Lipinski definition) is 3. The molecule has 1 aromatic rings. The number of benzene rings is 1. The summed E-state index contributed by atoms with van der Waals surface area (Å²) in [7, 11) is 0. The molecule has 0 radical (unpaired) electrons. The average Bonchev–Trinajstić information content (AvgIpc) is 2.67. The summed E-state index contributed by atoms with van der Waals surface area (Å²) in [6.45, 7) is 4.63. The second-order valence-corrected chi connectivity index (χ2v) is 7.28. The molecule has 1 amide bonds. The molecule has 0 unspecified atom stereocenters. The fraction of sp³-hybridized carbons (Fsp3) is 0.450. The van der Waals surface area contributed by atoms with Crippen molar-refractivity contribution in [2.45, 2.75) is 6.92 Å². The summed E-state index contributed by atoms with van der Waals surface area (Å²) in [6, 6.07) is 6.62. The van der Waals surface area contributed by atoms with Crippen LogP contribution in [0.2, 0.25) is 0 Å². The number of aliphatic hydroxyl groups excluding tert-OH is 2. The fourth-order valence-corrected chi connectivity index (χ4v) is 4.05. The predicted octanol–water partition coefficient (Wildman–Crippen LogP) is -0.470. The molecule has 1 heterocycles. The number of rotatable bonds is 6. The van der Waals surface area contributed by atoms with E-state index in [9.17, 15) is 24.6 Å². The summed E-state index contributed by atoms with van der Waals surface area (Å²) in [5.74, 6) is -1.04. The van der Waals surface area contributed by atoms with E-state index in [1.807, 2.05) is 4.90 Å². The van der Waals surface area contributed by atoms with Crippen molar-refractivity contribution >= 4 is 17.5 Å². The Kier molecular flexibility index (Phi) is 5.93. The Morgan fingerprint density at radius 2 is 1.57 bits per heavy atom. The first kappa shape index (κ1) is 20.2. The molecule has 3 N–H and O–H groups in total. The van der Waals surface area contributed by atoms with Gasteiger partial charge in [0.05, 0.1) is 39.4 Å². The SMILES string of the molecule is CC(=O)NC1=C(N2CC[N+](CCO)(CCO)CC2)C(=O)c2ccccc2C1=O. The third-order valence-corrected chi connectivity index (χ3v) is 5.55. The highest BCUT2D eigenvalue weighted by Crippen LogP contribution is 2.29. The van der Waals surface area contributed by atoms with E-state index in [1.165, 1.54) is 6.92 Å². The predicted molar refractivity (Wildman–Crippen MR) is 101 cm³/mol. The number of aliphatic hydroxyl groups is 2. The zero-order valence-corrected chi connectivity index (χ0v) is 16.0. The maximum absolute atomic E-state index is 13.2.